The summed E-state index contributed by atoms with van der Waals surface area (Å²) in [5.74, 6) is -0.269. The number of nitrogens with one attached hydrogen (secondary N) is 1. The van der Waals surface area contributed by atoms with E-state index in [1.165, 1.54) is 23.1 Å². The normalized spacial score (nSPS) is 19.4. The molecular weight excluding hydrogens is 494 g/mol. The van der Waals surface area contributed by atoms with Crippen LogP contribution in [0.3, 0.4) is 0 Å². The monoisotopic (exact) mass is 519 g/mol. The standard InChI is InChI=1S/C28H26ClN3O5/c1-37-23-14-7-18(8-15-23)28(27(34)30-20-5-3-2-4-6-20)25-16-13-22(32(35)36)17-24(25)26(33)31(28)21-11-9-19(29)10-12-21/h7-17,20H,2-6H2,1H3,(H,30,34). The number of fused-ring (bicyclic) bond motifs is 1. The maximum absolute atomic E-state index is 14.5. The van der Waals surface area contributed by atoms with Gasteiger partial charge >= 0.3 is 0 Å². The average molecular weight is 520 g/mol. The Bertz CT molecular complexity index is 1350. The zero-order valence-corrected chi connectivity index (χ0v) is 21.0. The minimum Gasteiger partial charge on any atom is -0.497 e. The molecule has 190 valence electrons. The number of carbonyl (C=O) groups is 2. The Hall–Kier alpha value is -3.91. The van der Waals surface area contributed by atoms with Crippen molar-refractivity contribution in [3.05, 3.63) is 98.6 Å². The summed E-state index contributed by atoms with van der Waals surface area (Å²) < 4.78 is 5.33. The van der Waals surface area contributed by atoms with E-state index in [1.807, 2.05) is 0 Å². The van der Waals surface area contributed by atoms with Crippen molar-refractivity contribution < 1.29 is 19.2 Å². The minimum atomic E-state index is -1.60. The number of rotatable bonds is 6. The highest BCUT2D eigenvalue weighted by Crippen LogP contribution is 2.48. The Morgan fingerprint density at radius 1 is 1.05 bits per heavy atom. The van der Waals surface area contributed by atoms with Gasteiger partial charge in [0.15, 0.2) is 5.54 Å². The minimum absolute atomic E-state index is 0.0272. The number of benzene rings is 3. The van der Waals surface area contributed by atoms with Gasteiger partial charge in [-0.2, -0.15) is 0 Å². The molecule has 3 aromatic rings. The average Bonchev–Trinajstić information content (AvgIpc) is 3.18. The van der Waals surface area contributed by atoms with Gasteiger partial charge in [-0.15, -0.1) is 0 Å². The number of anilines is 1. The van der Waals surface area contributed by atoms with Gasteiger partial charge in [0.1, 0.15) is 5.75 Å². The van der Waals surface area contributed by atoms with Crippen LogP contribution < -0.4 is 15.0 Å². The molecule has 0 spiro atoms. The first kappa shape index (κ1) is 24.8. The molecule has 1 saturated carbocycles. The molecule has 1 unspecified atom stereocenters. The van der Waals surface area contributed by atoms with Crippen LogP contribution in [-0.4, -0.2) is 29.9 Å². The second-order valence-electron chi connectivity index (χ2n) is 9.35. The van der Waals surface area contributed by atoms with Crippen LogP contribution in [0.2, 0.25) is 5.02 Å². The summed E-state index contributed by atoms with van der Waals surface area (Å²) in [5.41, 5.74) is -0.337. The van der Waals surface area contributed by atoms with Crippen molar-refractivity contribution in [1.82, 2.24) is 5.32 Å². The van der Waals surface area contributed by atoms with Crippen molar-refractivity contribution in [2.45, 2.75) is 43.7 Å². The number of hydrogen-bond acceptors (Lipinski definition) is 5. The molecule has 2 aliphatic rings. The number of methoxy groups -OCH3 is 1. The lowest BCUT2D eigenvalue weighted by Crippen LogP contribution is -2.57. The van der Waals surface area contributed by atoms with E-state index in [4.69, 9.17) is 16.3 Å². The Labute approximate surface area is 219 Å². The van der Waals surface area contributed by atoms with E-state index >= 15 is 0 Å². The number of non-ortho nitro benzene ring substituents is 1. The van der Waals surface area contributed by atoms with Gasteiger partial charge in [0.2, 0.25) is 0 Å². The quantitative estimate of drug-likeness (QED) is 0.337. The van der Waals surface area contributed by atoms with Gasteiger partial charge in [0.25, 0.3) is 17.5 Å². The first-order valence-electron chi connectivity index (χ1n) is 12.2. The van der Waals surface area contributed by atoms with Crippen LogP contribution in [-0.2, 0) is 10.3 Å². The molecule has 37 heavy (non-hydrogen) atoms. The van der Waals surface area contributed by atoms with Crippen molar-refractivity contribution in [2.24, 2.45) is 0 Å². The third-order valence-electron chi connectivity index (χ3n) is 7.23. The van der Waals surface area contributed by atoms with Crippen LogP contribution in [0.15, 0.2) is 66.7 Å². The number of halogens is 1. The molecule has 0 saturated heterocycles. The van der Waals surface area contributed by atoms with Crippen molar-refractivity contribution in [3.8, 4) is 5.75 Å². The smallest absolute Gasteiger partial charge is 0.270 e. The summed E-state index contributed by atoms with van der Waals surface area (Å²) in [6.07, 6.45) is 4.86. The molecule has 1 aliphatic heterocycles. The molecule has 1 atom stereocenters. The molecule has 8 nitrogen and oxygen atoms in total. The summed E-state index contributed by atoms with van der Waals surface area (Å²) in [6, 6.07) is 17.7. The third-order valence-corrected chi connectivity index (χ3v) is 7.49. The van der Waals surface area contributed by atoms with E-state index in [-0.39, 0.29) is 23.2 Å². The van der Waals surface area contributed by atoms with E-state index < -0.39 is 16.4 Å². The van der Waals surface area contributed by atoms with Crippen LogP contribution in [0.4, 0.5) is 11.4 Å². The lowest BCUT2D eigenvalue weighted by atomic mass is 9.80. The number of nitro benzene ring substituents is 1. The first-order valence-corrected chi connectivity index (χ1v) is 12.6. The number of ether oxygens (including phenoxy) is 1. The maximum Gasteiger partial charge on any atom is 0.270 e. The SMILES string of the molecule is COc1ccc(C2(C(=O)NC3CCCCC3)c3ccc([N+](=O)[O-])cc3C(=O)N2c2ccc(Cl)cc2)cc1. The maximum atomic E-state index is 14.5. The summed E-state index contributed by atoms with van der Waals surface area (Å²) in [7, 11) is 1.55. The van der Waals surface area contributed by atoms with Crippen molar-refractivity contribution in [1.29, 1.82) is 0 Å². The second kappa shape index (κ2) is 9.86. The Morgan fingerprint density at radius 3 is 2.35 bits per heavy atom. The number of nitrogens with zero attached hydrogens (tertiary/aromatic N) is 2. The van der Waals surface area contributed by atoms with Crippen molar-refractivity contribution in [3.63, 3.8) is 0 Å². The summed E-state index contributed by atoms with van der Waals surface area (Å²) in [6.45, 7) is 0. The summed E-state index contributed by atoms with van der Waals surface area (Å²) in [5, 5.41) is 15.3. The van der Waals surface area contributed by atoms with E-state index in [0.29, 0.717) is 27.6 Å². The van der Waals surface area contributed by atoms with Crippen LogP contribution in [0.1, 0.15) is 53.6 Å². The Morgan fingerprint density at radius 2 is 1.73 bits per heavy atom. The van der Waals surface area contributed by atoms with Gasteiger partial charge in [-0.1, -0.05) is 43.0 Å². The van der Waals surface area contributed by atoms with Crippen LogP contribution >= 0.6 is 11.6 Å². The lowest BCUT2D eigenvalue weighted by Gasteiger charge is -2.40. The molecule has 0 radical (unpaired) electrons. The Kier molecular flexibility index (Phi) is 6.60. The molecule has 1 heterocycles. The number of carbonyl (C=O) groups excluding carboxylic acids is 2. The van der Waals surface area contributed by atoms with Crippen molar-refractivity contribution in [2.75, 3.05) is 12.0 Å². The molecule has 1 fully saturated rings. The second-order valence-corrected chi connectivity index (χ2v) is 9.79. The molecule has 1 N–H and O–H groups in total. The zero-order chi connectivity index (χ0) is 26.2. The fraction of sp³-hybridized carbons (Fsp3) is 0.286. The van der Waals surface area contributed by atoms with Crippen LogP contribution in [0, 0.1) is 10.1 Å². The first-order chi connectivity index (χ1) is 17.9. The van der Waals surface area contributed by atoms with Gasteiger partial charge in [-0.25, -0.2) is 0 Å². The predicted molar refractivity (Wildman–Crippen MR) is 140 cm³/mol. The van der Waals surface area contributed by atoms with E-state index in [1.54, 1.807) is 55.6 Å². The van der Waals surface area contributed by atoms with Gasteiger partial charge in [-0.05, 0) is 60.9 Å². The lowest BCUT2D eigenvalue weighted by molar-refractivity contribution is -0.384. The molecule has 0 bridgehead atoms. The summed E-state index contributed by atoms with van der Waals surface area (Å²) >= 11 is 6.14. The molecule has 5 rings (SSSR count). The topological polar surface area (TPSA) is 102 Å². The summed E-state index contributed by atoms with van der Waals surface area (Å²) in [4.78, 5) is 41.0. The fourth-order valence-corrected chi connectivity index (χ4v) is 5.57. The zero-order valence-electron chi connectivity index (χ0n) is 20.3. The van der Waals surface area contributed by atoms with Crippen LogP contribution in [0.25, 0.3) is 0 Å². The number of hydrogen-bond donors (Lipinski definition) is 1. The highest BCUT2D eigenvalue weighted by molar-refractivity contribution is 6.30. The van der Waals surface area contributed by atoms with E-state index in [0.717, 1.165) is 32.1 Å². The predicted octanol–water partition coefficient (Wildman–Crippen LogP) is 5.61. The van der Waals surface area contributed by atoms with Crippen LogP contribution in [0.5, 0.6) is 5.75 Å². The van der Waals surface area contributed by atoms with Gasteiger partial charge in [0, 0.05) is 34.4 Å². The molecule has 2 amide bonds. The molecule has 3 aromatic carbocycles. The number of amides is 2. The van der Waals surface area contributed by atoms with Gasteiger partial charge in [-0.3, -0.25) is 24.6 Å². The Balaban J connectivity index is 1.77. The van der Waals surface area contributed by atoms with Crippen molar-refractivity contribution >= 4 is 34.8 Å². The highest BCUT2D eigenvalue weighted by Gasteiger charge is 2.57. The third kappa shape index (κ3) is 4.21. The number of nitro groups is 1. The molecule has 0 aromatic heterocycles. The molecule has 9 heteroatoms. The highest BCUT2D eigenvalue weighted by atomic mass is 35.5. The largest absolute Gasteiger partial charge is 0.497 e. The molecular formula is C28H26ClN3O5. The van der Waals surface area contributed by atoms with Gasteiger partial charge < -0.3 is 10.1 Å². The van der Waals surface area contributed by atoms with Gasteiger partial charge in [0.05, 0.1) is 17.6 Å². The van der Waals surface area contributed by atoms with E-state index in [9.17, 15) is 19.7 Å². The van der Waals surface area contributed by atoms with E-state index in [2.05, 4.69) is 5.32 Å². The fourth-order valence-electron chi connectivity index (χ4n) is 5.44. The molecule has 1 aliphatic carbocycles.